The number of hydrogen-bond acceptors (Lipinski definition) is 4. The van der Waals surface area contributed by atoms with Crippen LogP contribution < -0.4 is 11.1 Å². The van der Waals surface area contributed by atoms with Crippen LogP contribution in [0.4, 0.5) is 0 Å². The first-order valence-electron chi connectivity index (χ1n) is 4.54. The molecule has 0 aromatic rings. The zero-order valence-corrected chi connectivity index (χ0v) is 9.03. The van der Waals surface area contributed by atoms with Crippen LogP contribution in [0.3, 0.4) is 0 Å². The number of methoxy groups -OCH3 is 1. The van der Waals surface area contributed by atoms with Gasteiger partial charge in [-0.25, -0.2) is 4.79 Å². The molecule has 1 amide bonds. The molecule has 0 aromatic carbocycles. The van der Waals surface area contributed by atoms with Crippen molar-refractivity contribution >= 4 is 11.9 Å². The second kappa shape index (κ2) is 5.59. The highest BCUT2D eigenvalue weighted by Gasteiger charge is 2.25. The molecule has 0 spiro atoms. The number of nitrogens with two attached hydrogens (primary N) is 1. The Balaban J connectivity index is 4.38. The predicted octanol–water partition coefficient (Wildman–Crippen LogP) is -0.353. The molecule has 82 valence electrons. The van der Waals surface area contributed by atoms with Gasteiger partial charge in [0.2, 0.25) is 5.91 Å². The maximum atomic E-state index is 11.2. The van der Waals surface area contributed by atoms with Gasteiger partial charge in [0.15, 0.2) is 0 Å². The summed E-state index contributed by atoms with van der Waals surface area (Å²) in [6.07, 6.45) is 0. The van der Waals surface area contributed by atoms with Gasteiger partial charge in [0, 0.05) is 0 Å². The summed E-state index contributed by atoms with van der Waals surface area (Å²) in [5.74, 6) is -0.826. The van der Waals surface area contributed by atoms with E-state index >= 15 is 0 Å². The van der Waals surface area contributed by atoms with Gasteiger partial charge in [-0.1, -0.05) is 13.8 Å². The van der Waals surface area contributed by atoms with E-state index in [2.05, 4.69) is 10.1 Å². The minimum atomic E-state index is -0.626. The van der Waals surface area contributed by atoms with Crippen molar-refractivity contribution in [2.24, 2.45) is 11.7 Å². The molecule has 2 atom stereocenters. The normalized spacial score (nSPS) is 14.7. The molecular weight excluding hydrogens is 184 g/mol. The van der Waals surface area contributed by atoms with E-state index in [9.17, 15) is 9.59 Å². The topological polar surface area (TPSA) is 81.4 Å². The summed E-state index contributed by atoms with van der Waals surface area (Å²) < 4.78 is 4.56. The summed E-state index contributed by atoms with van der Waals surface area (Å²) in [5, 5.41) is 2.53. The van der Waals surface area contributed by atoms with Crippen LogP contribution in [0, 0.1) is 5.92 Å². The lowest BCUT2D eigenvalue weighted by Gasteiger charge is -2.20. The zero-order chi connectivity index (χ0) is 11.3. The van der Waals surface area contributed by atoms with Crippen molar-refractivity contribution in [3.05, 3.63) is 0 Å². The molecule has 14 heavy (non-hydrogen) atoms. The minimum absolute atomic E-state index is 0.0230. The highest BCUT2D eigenvalue weighted by molar-refractivity contribution is 5.87. The molecule has 0 bridgehead atoms. The summed E-state index contributed by atoms with van der Waals surface area (Å²) in [5.41, 5.74) is 5.36. The molecular formula is C9H18N2O3. The number of nitrogens with one attached hydrogen (secondary N) is 1. The third kappa shape index (κ3) is 3.74. The third-order valence-electron chi connectivity index (χ3n) is 1.83. The van der Waals surface area contributed by atoms with Gasteiger partial charge in [-0.2, -0.15) is 0 Å². The Morgan fingerprint density at radius 2 is 1.79 bits per heavy atom. The molecule has 0 fully saturated rings. The van der Waals surface area contributed by atoms with E-state index in [1.54, 1.807) is 6.92 Å². The summed E-state index contributed by atoms with van der Waals surface area (Å²) >= 11 is 0. The molecule has 0 saturated heterocycles. The molecule has 0 aliphatic heterocycles. The highest BCUT2D eigenvalue weighted by Crippen LogP contribution is 2.03. The van der Waals surface area contributed by atoms with E-state index in [1.807, 2.05) is 13.8 Å². The van der Waals surface area contributed by atoms with Gasteiger partial charge in [-0.05, 0) is 12.8 Å². The van der Waals surface area contributed by atoms with Crippen LogP contribution in [0.5, 0.6) is 0 Å². The average molecular weight is 202 g/mol. The molecule has 0 rings (SSSR count). The van der Waals surface area contributed by atoms with Gasteiger partial charge in [0.05, 0.1) is 13.2 Å². The molecule has 0 saturated carbocycles. The number of ether oxygens (including phenoxy) is 1. The Morgan fingerprint density at radius 1 is 1.29 bits per heavy atom. The number of carbonyl (C=O) groups excluding carboxylic acids is 2. The Hall–Kier alpha value is -1.10. The molecule has 0 aliphatic carbocycles. The predicted molar refractivity (Wildman–Crippen MR) is 52.4 cm³/mol. The second-order valence-electron chi connectivity index (χ2n) is 3.54. The second-order valence-corrected chi connectivity index (χ2v) is 3.54. The van der Waals surface area contributed by atoms with Crippen LogP contribution in [0.2, 0.25) is 0 Å². The van der Waals surface area contributed by atoms with Crippen molar-refractivity contribution in [1.82, 2.24) is 5.32 Å². The fraction of sp³-hybridized carbons (Fsp3) is 0.778. The van der Waals surface area contributed by atoms with Crippen LogP contribution in [-0.2, 0) is 14.3 Å². The molecule has 0 aromatic heterocycles. The van der Waals surface area contributed by atoms with Crippen LogP contribution >= 0.6 is 0 Å². The Labute approximate surface area is 84.0 Å². The van der Waals surface area contributed by atoms with E-state index < -0.39 is 18.1 Å². The Morgan fingerprint density at radius 3 is 2.07 bits per heavy atom. The highest BCUT2D eigenvalue weighted by atomic mass is 16.5. The van der Waals surface area contributed by atoms with Gasteiger partial charge in [0.25, 0.3) is 0 Å². The number of esters is 1. The first kappa shape index (κ1) is 12.9. The van der Waals surface area contributed by atoms with Crippen molar-refractivity contribution in [2.45, 2.75) is 32.9 Å². The third-order valence-corrected chi connectivity index (χ3v) is 1.83. The van der Waals surface area contributed by atoms with Crippen molar-refractivity contribution in [1.29, 1.82) is 0 Å². The van der Waals surface area contributed by atoms with E-state index in [4.69, 9.17) is 5.73 Å². The summed E-state index contributed by atoms with van der Waals surface area (Å²) in [7, 11) is 1.29. The molecule has 0 unspecified atom stereocenters. The molecule has 3 N–H and O–H groups in total. The van der Waals surface area contributed by atoms with Crippen LogP contribution in [0.1, 0.15) is 20.8 Å². The molecule has 5 heteroatoms. The van der Waals surface area contributed by atoms with E-state index in [1.165, 1.54) is 7.11 Å². The van der Waals surface area contributed by atoms with E-state index in [0.29, 0.717) is 0 Å². The number of hydrogen-bond donors (Lipinski definition) is 2. The van der Waals surface area contributed by atoms with Crippen LogP contribution in [0.25, 0.3) is 0 Å². The maximum Gasteiger partial charge on any atom is 0.328 e. The smallest absolute Gasteiger partial charge is 0.328 e. The zero-order valence-electron chi connectivity index (χ0n) is 9.03. The van der Waals surface area contributed by atoms with Gasteiger partial charge in [0.1, 0.15) is 6.04 Å². The fourth-order valence-corrected chi connectivity index (χ4v) is 0.909. The fourth-order valence-electron chi connectivity index (χ4n) is 0.909. The standard InChI is InChI=1S/C9H18N2O3/c1-5(2)7(9(13)14-4)11-8(12)6(3)10/h5-7H,10H2,1-4H3,(H,11,12)/t6-,7+/m1/s1. The lowest BCUT2D eigenvalue weighted by atomic mass is 10.0. The van der Waals surface area contributed by atoms with Crippen LogP contribution in [-0.4, -0.2) is 31.1 Å². The molecule has 0 aliphatic rings. The average Bonchev–Trinajstić information content (AvgIpc) is 2.11. The van der Waals surface area contributed by atoms with Crippen molar-refractivity contribution < 1.29 is 14.3 Å². The number of amides is 1. The maximum absolute atomic E-state index is 11.2. The van der Waals surface area contributed by atoms with Crippen molar-refractivity contribution in [3.63, 3.8) is 0 Å². The SMILES string of the molecule is COC(=O)[C@@H](NC(=O)[C@@H](C)N)C(C)C. The number of carbonyl (C=O) groups is 2. The minimum Gasteiger partial charge on any atom is -0.467 e. The van der Waals surface area contributed by atoms with Crippen molar-refractivity contribution in [2.75, 3.05) is 7.11 Å². The van der Waals surface area contributed by atoms with Gasteiger partial charge >= 0.3 is 5.97 Å². The largest absolute Gasteiger partial charge is 0.467 e. The summed E-state index contributed by atoms with van der Waals surface area (Å²) in [4.78, 5) is 22.5. The molecule has 0 heterocycles. The van der Waals surface area contributed by atoms with E-state index in [-0.39, 0.29) is 11.8 Å². The van der Waals surface area contributed by atoms with Crippen LogP contribution in [0.15, 0.2) is 0 Å². The van der Waals surface area contributed by atoms with Gasteiger partial charge < -0.3 is 15.8 Å². The van der Waals surface area contributed by atoms with Gasteiger partial charge in [-0.15, -0.1) is 0 Å². The summed E-state index contributed by atoms with van der Waals surface area (Å²) in [6.45, 7) is 5.20. The lowest BCUT2D eigenvalue weighted by molar-refractivity contribution is -0.146. The Bertz CT molecular complexity index is 214. The Kier molecular flexibility index (Phi) is 5.15. The van der Waals surface area contributed by atoms with Gasteiger partial charge in [-0.3, -0.25) is 4.79 Å². The first-order chi connectivity index (χ1) is 6.40. The molecule has 0 radical (unpaired) electrons. The lowest BCUT2D eigenvalue weighted by Crippen LogP contribution is -2.50. The van der Waals surface area contributed by atoms with Crippen molar-refractivity contribution in [3.8, 4) is 0 Å². The molecule has 5 nitrogen and oxygen atoms in total. The number of rotatable bonds is 4. The summed E-state index contributed by atoms with van der Waals surface area (Å²) in [6, 6.07) is -1.25. The first-order valence-corrected chi connectivity index (χ1v) is 4.54. The monoisotopic (exact) mass is 202 g/mol. The van der Waals surface area contributed by atoms with E-state index in [0.717, 1.165) is 0 Å². The quantitative estimate of drug-likeness (QED) is 0.610.